The number of hydrogen-bond acceptors (Lipinski definition) is 19. The fraction of sp³-hybridized carbons (Fsp3) is 0.500. The van der Waals surface area contributed by atoms with Gasteiger partial charge in [-0.15, -0.1) is 11.3 Å². The highest BCUT2D eigenvalue weighted by atomic mass is 32.1. The molecule has 6 aromatic rings. The number of carbonyl (C=O) groups is 4. The number of unbranched alkanes of at least 4 members (excludes halogenated alkanes) is 3. The lowest BCUT2D eigenvalue weighted by Gasteiger charge is -2.35. The van der Waals surface area contributed by atoms with E-state index in [0.717, 1.165) is 103 Å². The van der Waals surface area contributed by atoms with Crippen LogP contribution in [0, 0.1) is 19.3 Å². The lowest BCUT2D eigenvalue weighted by Crippen LogP contribution is -2.58. The number of benzene rings is 3. The van der Waals surface area contributed by atoms with Crippen LogP contribution >= 0.6 is 11.3 Å². The Balaban J connectivity index is 0.565. The van der Waals surface area contributed by atoms with E-state index in [1.54, 1.807) is 29.9 Å². The summed E-state index contributed by atoms with van der Waals surface area (Å²) >= 11 is 1.57. The molecule has 490 valence electrons. The number of β-amino-alcohol motifs (C(OH)–C–C–N with tert-alkyl or cyclic N) is 1. The van der Waals surface area contributed by atoms with Gasteiger partial charge in [0.25, 0.3) is 5.91 Å². The second-order valence-corrected chi connectivity index (χ2v) is 24.8. The third-order valence-corrected chi connectivity index (χ3v) is 16.7. The first-order valence-electron chi connectivity index (χ1n) is 31.6. The highest BCUT2D eigenvalue weighted by molar-refractivity contribution is 7.13. The van der Waals surface area contributed by atoms with Gasteiger partial charge in [0.15, 0.2) is 0 Å². The Morgan fingerprint density at radius 3 is 2.00 bits per heavy atom. The molecule has 3 aromatic heterocycles. The molecule has 3 unspecified atom stereocenters. The number of aromatic nitrogens is 4. The van der Waals surface area contributed by atoms with Gasteiger partial charge in [-0.2, -0.15) is 0 Å². The summed E-state index contributed by atoms with van der Waals surface area (Å²) in [7, 11) is 0. The van der Waals surface area contributed by atoms with Crippen LogP contribution in [-0.2, 0) is 55.9 Å². The van der Waals surface area contributed by atoms with E-state index < -0.39 is 35.4 Å². The average molecular weight is 1270 g/mol. The highest BCUT2D eigenvalue weighted by Gasteiger charge is 2.44. The lowest BCUT2D eigenvalue weighted by atomic mass is 9.85. The maximum absolute atomic E-state index is 14.0. The molecule has 0 radical (unpaired) electrons. The molecule has 91 heavy (non-hydrogen) atoms. The number of pyridine rings is 1. The number of aliphatic hydroxyl groups excluding tert-OH is 1. The second kappa shape index (κ2) is 36.8. The molecule has 2 aliphatic rings. The van der Waals surface area contributed by atoms with Gasteiger partial charge < -0.3 is 64.6 Å². The Labute approximate surface area is 539 Å². The van der Waals surface area contributed by atoms with Crippen LogP contribution in [0.15, 0.2) is 109 Å². The summed E-state index contributed by atoms with van der Waals surface area (Å²) in [4.78, 5) is 78.7. The minimum atomic E-state index is -0.961. The van der Waals surface area contributed by atoms with Gasteiger partial charge in [-0.25, -0.2) is 15.0 Å². The first kappa shape index (κ1) is 69.7. The summed E-state index contributed by atoms with van der Waals surface area (Å²) in [5, 5.41) is 22.6. The Bertz CT molecular complexity index is 3180. The number of carbonyl (C=O) groups excluding carboxylic acids is 4. The number of rotatable bonds is 37. The molecule has 0 aliphatic carbocycles. The standard InChI is InChI=1S/C68H91N11O11S/c1-49-12-21-56(41-59(49)75-67-70-24-22-58(74-67)55-11-10-23-69-44-55)73-64(82)54-19-15-52(16-20-54)45-78-28-26-77(27-29-78)25-8-6-7-9-30-85-31-32-86-33-34-87-35-36-88-37-38-89-39-40-90-47-61(81)76-63(68(3,4)5)66(84)79-46-57(80)42-60(79)65(83)71-43-51-13-17-53(18-14-51)62-50(2)72-48-91-62/h10-24,41,44,48,57,60,63,80H,6-9,25-40,42-43,45-47H2,1-5H3,(H,71,83)(H,73,82)(H,76,81)(H,70,74,75). The molecule has 3 aromatic carbocycles. The summed E-state index contributed by atoms with van der Waals surface area (Å²) in [6.45, 7) is 20.3. The Morgan fingerprint density at radius 2 is 1.35 bits per heavy atom. The Hall–Kier alpha value is -7.16. The Morgan fingerprint density at radius 1 is 0.703 bits per heavy atom. The molecule has 8 rings (SSSR count). The third kappa shape index (κ3) is 23.2. The van der Waals surface area contributed by atoms with E-state index >= 15 is 0 Å². The summed E-state index contributed by atoms with van der Waals surface area (Å²) < 4.78 is 33.7. The van der Waals surface area contributed by atoms with E-state index in [1.807, 2.05) is 113 Å². The van der Waals surface area contributed by atoms with Crippen molar-refractivity contribution in [3.05, 3.63) is 137 Å². The third-order valence-electron chi connectivity index (χ3n) is 15.8. The molecule has 5 N–H and O–H groups in total. The fourth-order valence-electron chi connectivity index (χ4n) is 10.6. The number of anilines is 3. The van der Waals surface area contributed by atoms with Gasteiger partial charge in [0.1, 0.15) is 18.7 Å². The van der Waals surface area contributed by atoms with Crippen molar-refractivity contribution in [3.8, 4) is 21.7 Å². The summed E-state index contributed by atoms with van der Waals surface area (Å²) in [6.07, 6.45) is 8.98. The summed E-state index contributed by atoms with van der Waals surface area (Å²) in [6, 6.07) is 25.3. The summed E-state index contributed by atoms with van der Waals surface area (Å²) in [5.74, 6) is -0.999. The molecular formula is C68H91N11O11S. The first-order valence-corrected chi connectivity index (χ1v) is 32.5. The topological polar surface area (TPSA) is 253 Å². The molecular weight excluding hydrogens is 1180 g/mol. The zero-order valence-corrected chi connectivity index (χ0v) is 54.2. The van der Waals surface area contributed by atoms with Crippen molar-refractivity contribution in [2.24, 2.45) is 5.41 Å². The van der Waals surface area contributed by atoms with E-state index in [-0.39, 0.29) is 51.1 Å². The zero-order valence-electron chi connectivity index (χ0n) is 53.4. The van der Waals surface area contributed by atoms with Gasteiger partial charge in [-0.3, -0.25) is 29.1 Å². The van der Waals surface area contributed by atoms with Crippen molar-refractivity contribution >= 4 is 52.3 Å². The van der Waals surface area contributed by atoms with Crippen molar-refractivity contribution in [2.75, 3.05) is 129 Å². The molecule has 2 saturated heterocycles. The SMILES string of the molecule is Cc1ccc(NC(=O)c2ccc(CN3CCN(CCCCCCOCCOCCOCCOCCOCCOCC(=O)NC(C(=O)N4CC(O)CC4C(=O)NCc4ccc(-c5scnc5C)cc4)C(C)(C)C)CC3)cc2)cc1Nc1nccc(-c2cccnc2)n1. The predicted octanol–water partition coefficient (Wildman–Crippen LogP) is 7.86. The molecule has 2 aliphatic heterocycles. The monoisotopic (exact) mass is 1270 g/mol. The Kier molecular flexibility index (Phi) is 28.2. The number of amides is 4. The minimum absolute atomic E-state index is 0.0143. The largest absolute Gasteiger partial charge is 0.391 e. The number of hydrogen-bond donors (Lipinski definition) is 5. The predicted molar refractivity (Wildman–Crippen MR) is 351 cm³/mol. The van der Waals surface area contributed by atoms with E-state index in [2.05, 4.69) is 63.1 Å². The van der Waals surface area contributed by atoms with Gasteiger partial charge in [-0.05, 0) is 103 Å². The number of aryl methyl sites for hydroxylation is 2. The number of nitrogens with zero attached hydrogens (tertiary/aromatic N) is 7. The van der Waals surface area contributed by atoms with Crippen molar-refractivity contribution in [1.29, 1.82) is 0 Å². The van der Waals surface area contributed by atoms with Crippen LogP contribution in [0.2, 0.25) is 0 Å². The van der Waals surface area contributed by atoms with Crippen LogP contribution < -0.4 is 21.3 Å². The minimum Gasteiger partial charge on any atom is -0.391 e. The fourth-order valence-corrected chi connectivity index (χ4v) is 11.4. The smallest absolute Gasteiger partial charge is 0.255 e. The van der Waals surface area contributed by atoms with Crippen molar-refractivity contribution in [2.45, 2.75) is 98.0 Å². The van der Waals surface area contributed by atoms with Gasteiger partial charge in [0, 0.05) is 99.9 Å². The zero-order chi connectivity index (χ0) is 64.2. The van der Waals surface area contributed by atoms with Crippen molar-refractivity contribution < 1.29 is 52.7 Å². The maximum Gasteiger partial charge on any atom is 0.255 e. The quantitative estimate of drug-likeness (QED) is 0.0233. The number of nitrogens with one attached hydrogen (secondary N) is 4. The molecule has 3 atom stereocenters. The van der Waals surface area contributed by atoms with Crippen LogP contribution in [0.5, 0.6) is 0 Å². The molecule has 0 spiro atoms. The highest BCUT2D eigenvalue weighted by Crippen LogP contribution is 2.30. The van der Waals surface area contributed by atoms with Crippen LogP contribution in [0.25, 0.3) is 21.7 Å². The van der Waals surface area contributed by atoms with Gasteiger partial charge in [0.2, 0.25) is 23.7 Å². The molecule has 4 amide bonds. The normalized spacial score (nSPS) is 15.8. The van der Waals surface area contributed by atoms with E-state index in [0.29, 0.717) is 70.1 Å². The van der Waals surface area contributed by atoms with Crippen LogP contribution in [0.3, 0.4) is 0 Å². The first-order chi connectivity index (χ1) is 44.2. The van der Waals surface area contributed by atoms with E-state index in [4.69, 9.17) is 28.4 Å². The van der Waals surface area contributed by atoms with Crippen LogP contribution in [0.1, 0.15) is 85.6 Å². The van der Waals surface area contributed by atoms with Crippen LogP contribution in [0.4, 0.5) is 17.3 Å². The molecule has 23 heteroatoms. The molecule has 22 nitrogen and oxygen atoms in total. The average Bonchev–Trinajstić information content (AvgIpc) is 1.93. The number of likely N-dealkylation sites (tertiary alicyclic amines) is 1. The second-order valence-electron chi connectivity index (χ2n) is 23.9. The van der Waals surface area contributed by atoms with Crippen molar-refractivity contribution in [1.82, 2.24) is 45.3 Å². The molecule has 0 bridgehead atoms. The van der Waals surface area contributed by atoms with E-state index in [1.165, 1.54) is 23.3 Å². The number of aliphatic hydroxyl groups is 1. The summed E-state index contributed by atoms with van der Waals surface area (Å²) in [5.41, 5.74) is 9.95. The van der Waals surface area contributed by atoms with Gasteiger partial charge in [-0.1, -0.05) is 76.1 Å². The molecule has 2 fully saturated rings. The van der Waals surface area contributed by atoms with Crippen LogP contribution in [-0.4, -0.2) is 200 Å². The molecule has 5 heterocycles. The van der Waals surface area contributed by atoms with Gasteiger partial charge in [0.05, 0.1) is 93.9 Å². The van der Waals surface area contributed by atoms with Gasteiger partial charge >= 0.3 is 0 Å². The number of piperazine rings is 1. The molecule has 0 saturated carbocycles. The lowest BCUT2D eigenvalue weighted by molar-refractivity contribution is -0.144. The number of ether oxygens (including phenoxy) is 6. The number of thiazole rings is 1. The maximum atomic E-state index is 14.0. The van der Waals surface area contributed by atoms with E-state index in [9.17, 15) is 24.3 Å². The van der Waals surface area contributed by atoms with Crippen molar-refractivity contribution in [3.63, 3.8) is 0 Å².